The van der Waals surface area contributed by atoms with Gasteiger partial charge in [0.05, 0.1) is 19.1 Å². The van der Waals surface area contributed by atoms with E-state index in [9.17, 15) is 9.18 Å². The molecule has 0 aliphatic carbocycles. The molecule has 0 spiro atoms. The molecule has 0 aliphatic rings. The lowest BCUT2D eigenvalue weighted by Crippen LogP contribution is -2.24. The van der Waals surface area contributed by atoms with Crippen LogP contribution in [0.3, 0.4) is 0 Å². The summed E-state index contributed by atoms with van der Waals surface area (Å²) in [5.74, 6) is 1.03. The Morgan fingerprint density at radius 1 is 1.27 bits per heavy atom. The number of amides is 1. The van der Waals surface area contributed by atoms with E-state index in [1.165, 1.54) is 23.9 Å². The third-order valence-corrected chi connectivity index (χ3v) is 4.41. The quantitative estimate of drug-likeness (QED) is 0.637. The fourth-order valence-corrected chi connectivity index (χ4v) is 2.87. The summed E-state index contributed by atoms with van der Waals surface area (Å²) in [5.41, 5.74) is 1.69. The molecule has 3 aromatic rings. The molecule has 0 unspecified atom stereocenters. The van der Waals surface area contributed by atoms with Crippen LogP contribution >= 0.6 is 11.8 Å². The largest absolute Gasteiger partial charge is 0.497 e. The van der Waals surface area contributed by atoms with Crippen LogP contribution in [0, 0.1) is 5.82 Å². The molecule has 26 heavy (non-hydrogen) atoms. The maximum atomic E-state index is 13.0. The minimum atomic E-state index is -0.310. The van der Waals surface area contributed by atoms with Crippen molar-refractivity contribution < 1.29 is 18.3 Å². The van der Waals surface area contributed by atoms with Crippen molar-refractivity contribution in [2.75, 3.05) is 12.9 Å². The van der Waals surface area contributed by atoms with Gasteiger partial charge in [-0.1, -0.05) is 23.9 Å². The number of carbonyl (C=O) groups excluding carboxylic acids is 1. The Morgan fingerprint density at radius 3 is 2.85 bits per heavy atom. The highest BCUT2D eigenvalue weighted by Crippen LogP contribution is 2.25. The Kier molecular flexibility index (Phi) is 5.91. The average Bonchev–Trinajstić information content (AvgIpc) is 3.14. The van der Waals surface area contributed by atoms with E-state index in [4.69, 9.17) is 9.15 Å². The van der Waals surface area contributed by atoms with Gasteiger partial charge < -0.3 is 14.5 Å². The van der Waals surface area contributed by atoms with Gasteiger partial charge in [0.1, 0.15) is 11.6 Å². The van der Waals surface area contributed by atoms with E-state index >= 15 is 0 Å². The molecule has 1 heterocycles. The maximum Gasteiger partial charge on any atom is 0.256 e. The summed E-state index contributed by atoms with van der Waals surface area (Å²) in [6, 6.07) is 13.5. The first-order valence-electron chi connectivity index (χ1n) is 7.88. The lowest BCUT2D eigenvalue weighted by atomic mass is 10.2. The highest BCUT2D eigenvalue weighted by Gasteiger charge is 2.10. The lowest BCUT2D eigenvalue weighted by molar-refractivity contribution is -0.118. The number of nitrogens with zero attached hydrogens (tertiary/aromatic N) is 1. The van der Waals surface area contributed by atoms with Crippen LogP contribution in [0.2, 0.25) is 0 Å². The Labute approximate surface area is 154 Å². The Morgan fingerprint density at radius 2 is 2.08 bits per heavy atom. The average molecular weight is 372 g/mol. The second-order valence-corrected chi connectivity index (χ2v) is 6.34. The standard InChI is InChI=1S/C19H17FN2O3S/c1-24-16-4-2-3-13(9-16)10-21-18(23)12-26-19-22-11-17(25-19)14-5-7-15(20)8-6-14/h2-9,11H,10,12H2,1H3,(H,21,23). The van der Waals surface area contributed by atoms with Gasteiger partial charge in [-0.3, -0.25) is 4.79 Å². The Hall–Kier alpha value is -2.80. The first-order chi connectivity index (χ1) is 12.6. The molecule has 0 saturated heterocycles. The summed E-state index contributed by atoms with van der Waals surface area (Å²) in [4.78, 5) is 16.1. The van der Waals surface area contributed by atoms with Gasteiger partial charge in [0.25, 0.3) is 5.22 Å². The number of thioether (sulfide) groups is 1. The van der Waals surface area contributed by atoms with Gasteiger partial charge in [-0.2, -0.15) is 0 Å². The van der Waals surface area contributed by atoms with Crippen molar-refractivity contribution in [3.05, 3.63) is 66.1 Å². The second kappa shape index (κ2) is 8.53. The SMILES string of the molecule is COc1cccc(CNC(=O)CSc2ncc(-c3ccc(F)cc3)o2)c1. The van der Waals surface area contributed by atoms with E-state index in [-0.39, 0.29) is 17.5 Å². The van der Waals surface area contributed by atoms with Crippen molar-refractivity contribution in [1.29, 1.82) is 0 Å². The zero-order valence-corrected chi connectivity index (χ0v) is 14.9. The minimum Gasteiger partial charge on any atom is -0.497 e. The molecular weight excluding hydrogens is 355 g/mol. The van der Waals surface area contributed by atoms with Crippen LogP contribution in [-0.2, 0) is 11.3 Å². The molecule has 0 fully saturated rings. The molecule has 0 saturated carbocycles. The number of hydrogen-bond donors (Lipinski definition) is 1. The molecule has 2 aromatic carbocycles. The van der Waals surface area contributed by atoms with Gasteiger partial charge in [0, 0.05) is 12.1 Å². The first-order valence-corrected chi connectivity index (χ1v) is 8.87. The van der Waals surface area contributed by atoms with Crippen LogP contribution in [0.4, 0.5) is 4.39 Å². The smallest absolute Gasteiger partial charge is 0.256 e. The van der Waals surface area contributed by atoms with Crippen molar-refractivity contribution >= 4 is 17.7 Å². The summed E-state index contributed by atoms with van der Waals surface area (Å²) in [6.07, 6.45) is 1.56. The number of hydrogen-bond acceptors (Lipinski definition) is 5. The van der Waals surface area contributed by atoms with Crippen LogP contribution in [-0.4, -0.2) is 23.8 Å². The maximum absolute atomic E-state index is 13.0. The minimum absolute atomic E-state index is 0.126. The topological polar surface area (TPSA) is 64.4 Å². The van der Waals surface area contributed by atoms with Gasteiger partial charge in [-0.25, -0.2) is 9.37 Å². The summed E-state index contributed by atoms with van der Waals surface area (Å²) >= 11 is 1.20. The normalized spacial score (nSPS) is 10.5. The number of halogens is 1. The highest BCUT2D eigenvalue weighted by atomic mass is 32.2. The van der Waals surface area contributed by atoms with Crippen LogP contribution < -0.4 is 10.1 Å². The van der Waals surface area contributed by atoms with E-state index in [1.54, 1.807) is 25.4 Å². The molecule has 5 nitrogen and oxygen atoms in total. The van der Waals surface area contributed by atoms with E-state index < -0.39 is 0 Å². The third kappa shape index (κ3) is 4.86. The van der Waals surface area contributed by atoms with Crippen LogP contribution in [0.5, 0.6) is 5.75 Å². The van der Waals surface area contributed by atoms with E-state index in [0.29, 0.717) is 17.5 Å². The van der Waals surface area contributed by atoms with Crippen LogP contribution in [0.25, 0.3) is 11.3 Å². The van der Waals surface area contributed by atoms with Crippen molar-refractivity contribution in [1.82, 2.24) is 10.3 Å². The monoisotopic (exact) mass is 372 g/mol. The predicted octanol–water partition coefficient (Wildman–Crippen LogP) is 3.90. The van der Waals surface area contributed by atoms with Crippen molar-refractivity contribution in [2.45, 2.75) is 11.8 Å². The summed E-state index contributed by atoms with van der Waals surface area (Å²) in [7, 11) is 1.60. The number of benzene rings is 2. The molecule has 1 aromatic heterocycles. The van der Waals surface area contributed by atoms with Crippen molar-refractivity contribution in [3.8, 4) is 17.1 Å². The van der Waals surface area contributed by atoms with Crippen LogP contribution in [0.15, 0.2) is 64.4 Å². The molecule has 134 valence electrons. The number of nitrogens with one attached hydrogen (secondary N) is 1. The number of oxazole rings is 1. The third-order valence-electron chi connectivity index (χ3n) is 3.56. The van der Waals surface area contributed by atoms with Crippen LogP contribution in [0.1, 0.15) is 5.56 Å². The van der Waals surface area contributed by atoms with E-state index in [2.05, 4.69) is 10.3 Å². The van der Waals surface area contributed by atoms with Gasteiger partial charge in [0.15, 0.2) is 5.76 Å². The number of methoxy groups -OCH3 is 1. The molecule has 0 bridgehead atoms. The summed E-state index contributed by atoms with van der Waals surface area (Å²) in [5, 5.41) is 3.23. The Bertz CT molecular complexity index is 881. The molecule has 0 atom stereocenters. The van der Waals surface area contributed by atoms with Gasteiger partial charge in [0.2, 0.25) is 5.91 Å². The van der Waals surface area contributed by atoms with Gasteiger partial charge in [-0.05, 0) is 42.0 Å². The highest BCUT2D eigenvalue weighted by molar-refractivity contribution is 7.99. The molecule has 7 heteroatoms. The molecule has 1 N–H and O–H groups in total. The summed E-state index contributed by atoms with van der Waals surface area (Å²) < 4.78 is 23.7. The number of ether oxygens (including phenoxy) is 1. The lowest BCUT2D eigenvalue weighted by Gasteiger charge is -2.06. The van der Waals surface area contributed by atoms with Crippen molar-refractivity contribution in [3.63, 3.8) is 0 Å². The molecular formula is C19H17FN2O3S. The predicted molar refractivity (Wildman–Crippen MR) is 97.5 cm³/mol. The van der Waals surface area contributed by atoms with Crippen molar-refractivity contribution in [2.24, 2.45) is 0 Å². The number of carbonyl (C=O) groups is 1. The number of aromatic nitrogens is 1. The van der Waals surface area contributed by atoms with Gasteiger partial charge >= 0.3 is 0 Å². The summed E-state index contributed by atoms with van der Waals surface area (Å²) in [6.45, 7) is 0.420. The zero-order valence-electron chi connectivity index (χ0n) is 14.1. The Balaban J connectivity index is 1.49. The molecule has 3 rings (SSSR count). The fourth-order valence-electron chi connectivity index (χ4n) is 2.23. The van der Waals surface area contributed by atoms with E-state index in [1.807, 2.05) is 24.3 Å². The van der Waals surface area contributed by atoms with E-state index in [0.717, 1.165) is 16.9 Å². The molecule has 1 amide bonds. The van der Waals surface area contributed by atoms with Gasteiger partial charge in [-0.15, -0.1) is 0 Å². The second-order valence-electron chi connectivity index (χ2n) is 5.41. The zero-order chi connectivity index (χ0) is 18.4. The molecule has 0 aliphatic heterocycles. The first kappa shape index (κ1) is 18.0. The molecule has 0 radical (unpaired) electrons. The number of rotatable bonds is 7. The fraction of sp³-hybridized carbons (Fsp3) is 0.158.